The van der Waals surface area contributed by atoms with Crippen LogP contribution < -0.4 is 15.5 Å². The highest BCUT2D eigenvalue weighted by Crippen LogP contribution is 2.26. The van der Waals surface area contributed by atoms with Gasteiger partial charge in [0, 0.05) is 18.7 Å². The van der Waals surface area contributed by atoms with Gasteiger partial charge in [-0.1, -0.05) is 18.2 Å². The zero-order valence-electron chi connectivity index (χ0n) is 12.5. The van der Waals surface area contributed by atoms with Crippen molar-refractivity contribution in [3.05, 3.63) is 29.8 Å². The van der Waals surface area contributed by atoms with E-state index in [0.29, 0.717) is 6.42 Å². The smallest absolute Gasteiger partial charge is 0.246 e. The first kappa shape index (κ1) is 15.5. The largest absolute Gasteiger partial charge is 0.347 e. The fourth-order valence-electron chi connectivity index (χ4n) is 2.58. The molecule has 2 N–H and O–H groups in total. The van der Waals surface area contributed by atoms with E-state index < -0.39 is 0 Å². The lowest BCUT2D eigenvalue weighted by Crippen LogP contribution is -2.42. The second kappa shape index (κ2) is 7.78. The highest BCUT2D eigenvalue weighted by molar-refractivity contribution is 5.97. The maximum absolute atomic E-state index is 12.3. The highest BCUT2D eigenvalue weighted by Gasteiger charge is 2.22. The molecule has 5 heteroatoms. The topological polar surface area (TPSA) is 61.4 Å². The minimum absolute atomic E-state index is 0.0379. The number of carbonyl (C=O) groups is 2. The van der Waals surface area contributed by atoms with Gasteiger partial charge in [0.2, 0.25) is 11.8 Å². The lowest BCUT2D eigenvalue weighted by atomic mass is 10.0. The van der Waals surface area contributed by atoms with Crippen molar-refractivity contribution in [2.45, 2.75) is 25.7 Å². The maximum atomic E-state index is 12.3. The lowest BCUT2D eigenvalue weighted by molar-refractivity contribution is -0.125. The van der Waals surface area contributed by atoms with E-state index >= 15 is 0 Å². The summed E-state index contributed by atoms with van der Waals surface area (Å²) in [7, 11) is 1.86. The van der Waals surface area contributed by atoms with Crippen LogP contribution in [0.25, 0.3) is 0 Å². The molecular formula is C16H23N3O2. The van der Waals surface area contributed by atoms with Crippen LogP contribution in [0.1, 0.15) is 24.8 Å². The van der Waals surface area contributed by atoms with Gasteiger partial charge in [-0.15, -0.1) is 0 Å². The predicted octanol–water partition coefficient (Wildman–Crippen LogP) is 1.08. The van der Waals surface area contributed by atoms with Gasteiger partial charge < -0.3 is 15.5 Å². The average molecular weight is 289 g/mol. The van der Waals surface area contributed by atoms with Gasteiger partial charge >= 0.3 is 0 Å². The van der Waals surface area contributed by atoms with Crippen molar-refractivity contribution < 1.29 is 9.59 Å². The third-order valence-corrected chi connectivity index (χ3v) is 3.68. The Hall–Kier alpha value is -1.88. The van der Waals surface area contributed by atoms with Crippen LogP contribution in [0.5, 0.6) is 0 Å². The third-order valence-electron chi connectivity index (χ3n) is 3.68. The minimum Gasteiger partial charge on any atom is -0.347 e. The summed E-state index contributed by atoms with van der Waals surface area (Å²) >= 11 is 0. The number of anilines is 1. The van der Waals surface area contributed by atoms with Crippen molar-refractivity contribution in [3.8, 4) is 0 Å². The number of hydrogen-bond donors (Lipinski definition) is 2. The van der Waals surface area contributed by atoms with Gasteiger partial charge in [0.1, 0.15) is 0 Å². The van der Waals surface area contributed by atoms with E-state index in [4.69, 9.17) is 0 Å². The van der Waals surface area contributed by atoms with Crippen LogP contribution in [0.15, 0.2) is 24.3 Å². The van der Waals surface area contributed by atoms with Crippen molar-refractivity contribution in [2.24, 2.45) is 0 Å². The Morgan fingerprint density at radius 2 is 2.10 bits per heavy atom. The number of rotatable bonds is 6. The monoisotopic (exact) mass is 289 g/mol. The molecule has 0 unspecified atom stereocenters. The molecule has 1 heterocycles. The van der Waals surface area contributed by atoms with E-state index in [1.807, 2.05) is 25.2 Å². The number of nitrogens with one attached hydrogen (secondary N) is 2. The Morgan fingerprint density at radius 1 is 1.29 bits per heavy atom. The highest BCUT2D eigenvalue weighted by atomic mass is 16.2. The quantitative estimate of drug-likeness (QED) is 0.770. The van der Waals surface area contributed by atoms with E-state index in [1.54, 1.807) is 4.90 Å². The second-order valence-corrected chi connectivity index (χ2v) is 5.26. The van der Waals surface area contributed by atoms with Crippen molar-refractivity contribution >= 4 is 17.5 Å². The molecule has 1 aromatic rings. The summed E-state index contributed by atoms with van der Waals surface area (Å²) in [6, 6.07) is 7.98. The minimum atomic E-state index is -0.0658. The molecule has 114 valence electrons. The predicted molar refractivity (Wildman–Crippen MR) is 83.3 cm³/mol. The zero-order chi connectivity index (χ0) is 15.1. The molecular weight excluding hydrogens is 266 g/mol. The normalized spacial score (nSPS) is 13.7. The molecule has 5 nitrogen and oxygen atoms in total. The van der Waals surface area contributed by atoms with Crippen LogP contribution in [0, 0.1) is 0 Å². The van der Waals surface area contributed by atoms with Crippen molar-refractivity contribution in [3.63, 3.8) is 0 Å². The fraction of sp³-hybridized carbons (Fsp3) is 0.500. The number of carbonyl (C=O) groups excluding carboxylic acids is 2. The molecule has 0 aromatic heterocycles. The van der Waals surface area contributed by atoms with Crippen LogP contribution in [0.4, 0.5) is 5.69 Å². The Bertz CT molecular complexity index is 502. The molecule has 2 rings (SSSR count). The van der Waals surface area contributed by atoms with Crippen LogP contribution >= 0.6 is 0 Å². The molecule has 0 spiro atoms. The first-order valence-corrected chi connectivity index (χ1v) is 7.52. The van der Waals surface area contributed by atoms with E-state index in [0.717, 1.165) is 38.0 Å². The van der Waals surface area contributed by atoms with Crippen molar-refractivity contribution in [1.82, 2.24) is 10.6 Å². The van der Waals surface area contributed by atoms with E-state index in [9.17, 15) is 9.59 Å². The molecule has 0 saturated carbocycles. The number of amides is 2. The number of nitrogens with zero attached hydrogens (tertiary/aromatic N) is 1. The summed E-state index contributed by atoms with van der Waals surface area (Å²) in [6.07, 6.45) is 3.21. The first-order valence-electron chi connectivity index (χ1n) is 7.52. The van der Waals surface area contributed by atoms with E-state index in [2.05, 4.69) is 16.7 Å². The number of hydrogen-bond acceptors (Lipinski definition) is 3. The summed E-state index contributed by atoms with van der Waals surface area (Å²) < 4.78 is 0. The molecule has 1 aliphatic rings. The van der Waals surface area contributed by atoms with Crippen LogP contribution in [-0.2, 0) is 16.0 Å². The summed E-state index contributed by atoms with van der Waals surface area (Å²) in [5.74, 6) is -0.104. The molecule has 0 saturated heterocycles. The van der Waals surface area contributed by atoms with Gasteiger partial charge in [-0.2, -0.15) is 0 Å². The Balaban J connectivity index is 1.86. The summed E-state index contributed by atoms with van der Waals surface area (Å²) in [4.78, 5) is 25.7. The molecule has 21 heavy (non-hydrogen) atoms. The molecule has 0 aliphatic carbocycles. The average Bonchev–Trinajstić information content (AvgIpc) is 2.52. The van der Waals surface area contributed by atoms with Gasteiger partial charge in [-0.05, 0) is 44.5 Å². The number of benzene rings is 1. The molecule has 2 amide bonds. The lowest BCUT2D eigenvalue weighted by Gasteiger charge is -2.29. The third kappa shape index (κ3) is 4.29. The van der Waals surface area contributed by atoms with Crippen molar-refractivity contribution in [2.75, 3.05) is 31.6 Å². The van der Waals surface area contributed by atoms with E-state index in [-0.39, 0.29) is 18.4 Å². The molecule has 0 radical (unpaired) electrons. The fourth-order valence-corrected chi connectivity index (χ4v) is 2.58. The number of para-hydroxylation sites is 1. The second-order valence-electron chi connectivity index (χ2n) is 5.26. The molecule has 1 aromatic carbocycles. The number of aryl methyl sites for hydroxylation is 1. The molecule has 0 fully saturated rings. The van der Waals surface area contributed by atoms with Crippen LogP contribution in [0.2, 0.25) is 0 Å². The Labute approximate surface area is 125 Å². The Morgan fingerprint density at radius 3 is 2.90 bits per heavy atom. The zero-order valence-corrected chi connectivity index (χ0v) is 12.5. The summed E-state index contributed by atoms with van der Waals surface area (Å²) in [6.45, 7) is 1.61. The molecule has 1 aliphatic heterocycles. The summed E-state index contributed by atoms with van der Waals surface area (Å²) in [5.41, 5.74) is 2.19. The maximum Gasteiger partial charge on any atom is 0.246 e. The molecule has 0 bridgehead atoms. The van der Waals surface area contributed by atoms with Crippen LogP contribution in [-0.4, -0.2) is 38.5 Å². The van der Waals surface area contributed by atoms with Gasteiger partial charge in [0.05, 0.1) is 6.54 Å². The van der Waals surface area contributed by atoms with Crippen LogP contribution in [0.3, 0.4) is 0 Å². The van der Waals surface area contributed by atoms with Crippen molar-refractivity contribution in [1.29, 1.82) is 0 Å². The molecule has 0 atom stereocenters. The van der Waals surface area contributed by atoms with Gasteiger partial charge in [-0.25, -0.2) is 0 Å². The number of fused-ring (bicyclic) bond motifs is 1. The van der Waals surface area contributed by atoms with Gasteiger partial charge in [-0.3, -0.25) is 9.59 Å². The SMILES string of the molecule is CNCCCC(=O)NCC(=O)N1CCCc2ccccc21. The Kier molecular flexibility index (Phi) is 5.75. The van der Waals surface area contributed by atoms with E-state index in [1.165, 1.54) is 5.56 Å². The van der Waals surface area contributed by atoms with Gasteiger partial charge in [0.25, 0.3) is 0 Å². The van der Waals surface area contributed by atoms with Gasteiger partial charge in [0.15, 0.2) is 0 Å². The first-order chi connectivity index (χ1) is 10.2. The standard InChI is InChI=1S/C16H23N3O2/c1-17-10-4-9-15(20)18-12-16(21)19-11-5-7-13-6-2-3-8-14(13)19/h2-3,6,8,17H,4-5,7,9-12H2,1H3,(H,18,20). The summed E-state index contributed by atoms with van der Waals surface area (Å²) in [5, 5.41) is 5.71.